The van der Waals surface area contributed by atoms with Crippen LogP contribution >= 0.6 is 0 Å². The maximum absolute atomic E-state index is 12.2. The van der Waals surface area contributed by atoms with Gasteiger partial charge in [0.1, 0.15) is 12.4 Å². The van der Waals surface area contributed by atoms with Crippen LogP contribution in [0, 0.1) is 0 Å². The Balaban J connectivity index is 0.00000240. The van der Waals surface area contributed by atoms with Gasteiger partial charge in [-0.3, -0.25) is 4.79 Å². The van der Waals surface area contributed by atoms with Crippen LogP contribution in [0.15, 0.2) is 63.1 Å². The van der Waals surface area contributed by atoms with Crippen molar-refractivity contribution in [2.24, 2.45) is 5.10 Å². The monoisotopic (exact) mass is 424 g/mol. The van der Waals surface area contributed by atoms with Crippen molar-refractivity contribution >= 4 is 33.0 Å². The Bertz CT molecular complexity index is 1190. The van der Waals surface area contributed by atoms with Gasteiger partial charge in [-0.15, -0.1) is 0 Å². The fraction of sp³-hybridized carbons (Fsp3) is 0.111. The van der Waals surface area contributed by atoms with Gasteiger partial charge in [-0.2, -0.15) is 5.10 Å². The van der Waals surface area contributed by atoms with E-state index in [0.717, 1.165) is 23.1 Å². The van der Waals surface area contributed by atoms with Crippen molar-refractivity contribution in [2.75, 3.05) is 6.61 Å². The SMILES string of the molecule is O=C(N/N=C\c1ccc(S(=O)(=O)[O-])o1)C1COc2cc3ccccc3cc2O1.[Na+]. The number of hydrogen-bond donors (Lipinski definition) is 1. The van der Waals surface area contributed by atoms with Crippen LogP contribution in [0.25, 0.3) is 10.8 Å². The molecule has 1 aliphatic heterocycles. The van der Waals surface area contributed by atoms with Gasteiger partial charge in [0, 0.05) is 0 Å². The van der Waals surface area contributed by atoms with Gasteiger partial charge in [0.25, 0.3) is 5.91 Å². The molecule has 0 fully saturated rings. The first-order chi connectivity index (χ1) is 13.4. The molecule has 9 nitrogen and oxygen atoms in total. The van der Waals surface area contributed by atoms with E-state index >= 15 is 0 Å². The van der Waals surface area contributed by atoms with Crippen LogP contribution in [0.5, 0.6) is 11.5 Å². The average Bonchev–Trinajstić information content (AvgIpc) is 3.15. The van der Waals surface area contributed by atoms with Gasteiger partial charge in [-0.25, -0.2) is 13.8 Å². The fourth-order valence-corrected chi connectivity index (χ4v) is 3.09. The molecular formula is C18H13N2NaO7S. The molecule has 2 heterocycles. The van der Waals surface area contributed by atoms with Gasteiger partial charge in [0.15, 0.2) is 21.6 Å². The second kappa shape index (κ2) is 8.56. The number of benzene rings is 2. The van der Waals surface area contributed by atoms with Crippen LogP contribution in [0.1, 0.15) is 5.76 Å². The molecule has 29 heavy (non-hydrogen) atoms. The minimum absolute atomic E-state index is 0. The van der Waals surface area contributed by atoms with E-state index in [1.807, 2.05) is 30.3 Å². The minimum atomic E-state index is -4.69. The summed E-state index contributed by atoms with van der Waals surface area (Å²) in [5.74, 6) is 0.434. The molecule has 1 unspecified atom stereocenters. The number of hydrogen-bond acceptors (Lipinski definition) is 8. The summed E-state index contributed by atoms with van der Waals surface area (Å²) in [6.45, 7) is 0.00597. The molecule has 2 aromatic carbocycles. The van der Waals surface area contributed by atoms with E-state index in [1.54, 1.807) is 6.07 Å². The number of rotatable bonds is 4. The molecule has 1 aliphatic rings. The fourth-order valence-electron chi connectivity index (χ4n) is 2.65. The molecule has 0 saturated heterocycles. The minimum Gasteiger partial charge on any atom is -0.742 e. The van der Waals surface area contributed by atoms with E-state index in [1.165, 1.54) is 6.07 Å². The zero-order chi connectivity index (χ0) is 19.7. The van der Waals surface area contributed by atoms with Crippen molar-refractivity contribution in [3.63, 3.8) is 0 Å². The van der Waals surface area contributed by atoms with Crippen molar-refractivity contribution in [3.8, 4) is 11.5 Å². The molecule has 1 aromatic heterocycles. The van der Waals surface area contributed by atoms with Crippen molar-refractivity contribution in [2.45, 2.75) is 11.2 Å². The molecule has 0 bridgehead atoms. The number of fused-ring (bicyclic) bond motifs is 2. The Hall–Kier alpha value is -2.37. The summed E-state index contributed by atoms with van der Waals surface area (Å²) in [6, 6.07) is 13.6. The zero-order valence-electron chi connectivity index (χ0n) is 15.2. The number of nitrogens with one attached hydrogen (secondary N) is 1. The molecule has 0 saturated carbocycles. The first-order valence-electron chi connectivity index (χ1n) is 8.11. The first-order valence-corrected chi connectivity index (χ1v) is 9.52. The first kappa shape index (κ1) is 21.3. The number of ether oxygens (including phenoxy) is 2. The summed E-state index contributed by atoms with van der Waals surface area (Å²) in [5, 5.41) is 4.88. The van der Waals surface area contributed by atoms with Crippen LogP contribution in [0.3, 0.4) is 0 Å². The summed E-state index contributed by atoms with van der Waals surface area (Å²) in [6.07, 6.45) is 0.151. The van der Waals surface area contributed by atoms with Gasteiger partial charge in [-0.1, -0.05) is 24.3 Å². The Morgan fingerprint density at radius 3 is 2.48 bits per heavy atom. The standard InChI is InChI=1S/C18H14N2O7S.Na/c21-18(20-19-9-13-5-6-17(26-13)28(22,23)24)16-10-25-14-7-11-3-1-2-4-12(11)8-15(14)27-16;/h1-9,16H,10H2,(H,20,21)(H,22,23,24);/q;+1/p-1/b19-9-;. The summed E-state index contributed by atoms with van der Waals surface area (Å²) >= 11 is 0. The largest absolute Gasteiger partial charge is 1.00 e. The maximum atomic E-state index is 12.2. The Morgan fingerprint density at radius 2 is 1.83 bits per heavy atom. The molecule has 0 radical (unpaired) electrons. The smallest absolute Gasteiger partial charge is 0.742 e. The van der Waals surface area contributed by atoms with Gasteiger partial charge < -0.3 is 18.4 Å². The van der Waals surface area contributed by atoms with Crippen molar-refractivity contribution in [3.05, 3.63) is 54.3 Å². The van der Waals surface area contributed by atoms with Crippen molar-refractivity contribution in [1.82, 2.24) is 5.43 Å². The number of carbonyl (C=O) groups excluding carboxylic acids is 1. The van der Waals surface area contributed by atoms with Crippen molar-refractivity contribution in [1.29, 1.82) is 0 Å². The molecule has 0 spiro atoms. The van der Waals surface area contributed by atoms with Crippen LogP contribution in [-0.2, 0) is 14.9 Å². The predicted octanol–water partition coefficient (Wildman–Crippen LogP) is -1.37. The molecule has 0 aliphatic carbocycles. The normalized spacial score (nSPS) is 15.8. The number of nitrogens with zero attached hydrogens (tertiary/aromatic N) is 1. The summed E-state index contributed by atoms with van der Waals surface area (Å²) in [5.41, 5.74) is 2.25. The number of furan rings is 1. The summed E-state index contributed by atoms with van der Waals surface area (Å²) in [7, 11) is -4.69. The Kier molecular flexibility index (Phi) is 6.30. The molecule has 1 amide bonds. The third-order valence-corrected chi connectivity index (χ3v) is 4.69. The van der Waals surface area contributed by atoms with Gasteiger partial charge >= 0.3 is 29.6 Å². The molecule has 4 rings (SSSR count). The number of amides is 1. The summed E-state index contributed by atoms with van der Waals surface area (Å²) < 4.78 is 48.6. The van der Waals surface area contributed by atoms with Gasteiger partial charge in [-0.05, 0) is 35.0 Å². The van der Waals surface area contributed by atoms with Gasteiger partial charge in [0.2, 0.25) is 11.2 Å². The van der Waals surface area contributed by atoms with E-state index < -0.39 is 27.2 Å². The topological polar surface area (TPSA) is 130 Å². The molecule has 1 atom stereocenters. The van der Waals surface area contributed by atoms with Crippen LogP contribution < -0.4 is 44.5 Å². The molecular weight excluding hydrogens is 411 g/mol. The Morgan fingerprint density at radius 1 is 1.14 bits per heavy atom. The zero-order valence-corrected chi connectivity index (χ0v) is 18.0. The average molecular weight is 424 g/mol. The number of hydrazone groups is 1. The second-order valence-electron chi connectivity index (χ2n) is 5.91. The van der Waals surface area contributed by atoms with E-state index in [4.69, 9.17) is 13.9 Å². The van der Waals surface area contributed by atoms with Crippen LogP contribution in [0.2, 0.25) is 0 Å². The molecule has 1 N–H and O–H groups in total. The third-order valence-electron chi connectivity index (χ3n) is 3.98. The van der Waals surface area contributed by atoms with Crippen LogP contribution in [-0.4, -0.2) is 37.8 Å². The Labute approximate surface area is 187 Å². The van der Waals surface area contributed by atoms with E-state index in [-0.39, 0.29) is 41.9 Å². The summed E-state index contributed by atoms with van der Waals surface area (Å²) in [4.78, 5) is 12.2. The van der Waals surface area contributed by atoms with E-state index in [0.29, 0.717) is 11.5 Å². The van der Waals surface area contributed by atoms with Crippen molar-refractivity contribution < 1.29 is 61.2 Å². The quantitative estimate of drug-likeness (QED) is 0.237. The predicted molar refractivity (Wildman–Crippen MR) is 96.3 cm³/mol. The number of carbonyl (C=O) groups is 1. The third kappa shape index (κ3) is 4.80. The van der Waals surface area contributed by atoms with E-state index in [2.05, 4.69) is 10.5 Å². The second-order valence-corrected chi connectivity index (χ2v) is 7.22. The maximum Gasteiger partial charge on any atom is 1.00 e. The van der Waals surface area contributed by atoms with Gasteiger partial charge in [0.05, 0.1) is 6.21 Å². The molecule has 11 heteroatoms. The van der Waals surface area contributed by atoms with E-state index in [9.17, 15) is 17.8 Å². The molecule has 3 aromatic rings. The van der Waals surface area contributed by atoms with Crippen LogP contribution in [0.4, 0.5) is 0 Å². The molecule has 144 valence electrons.